The van der Waals surface area contributed by atoms with E-state index in [1.54, 1.807) is 18.3 Å². The molecule has 1 aromatic rings. The molecule has 0 aliphatic rings. The summed E-state index contributed by atoms with van der Waals surface area (Å²) in [5.41, 5.74) is 1.10. The highest BCUT2D eigenvalue weighted by molar-refractivity contribution is 7.89. The highest BCUT2D eigenvalue weighted by Gasteiger charge is 2.18. The number of aryl methyl sites for hydroxylation is 1. The van der Waals surface area contributed by atoms with Gasteiger partial charge in [-0.3, -0.25) is 0 Å². The van der Waals surface area contributed by atoms with Crippen molar-refractivity contribution in [2.45, 2.75) is 24.7 Å². The molecule has 0 amide bonds. The first-order valence-electron chi connectivity index (χ1n) is 5.00. The minimum Gasteiger partial charge on any atom is -0.205 e. The van der Waals surface area contributed by atoms with Crippen LogP contribution in [0, 0.1) is 11.5 Å². The maximum absolute atomic E-state index is 11.7. The van der Waals surface area contributed by atoms with Crippen LogP contribution in [-0.2, 0) is 16.4 Å². The lowest BCUT2D eigenvalue weighted by molar-refractivity contribution is 0.544. The van der Waals surface area contributed by atoms with Gasteiger partial charge in [-0.05, 0) is 24.1 Å². The molecule has 0 heterocycles. The van der Waals surface area contributed by atoms with Gasteiger partial charge < -0.3 is 0 Å². The number of nitriles is 1. The summed E-state index contributed by atoms with van der Waals surface area (Å²) in [5.74, 6) is 0. The van der Waals surface area contributed by atoms with Crippen LogP contribution in [0.15, 0.2) is 29.2 Å². The summed E-state index contributed by atoms with van der Waals surface area (Å²) in [4.78, 5) is 0.149. The first kappa shape index (κ1) is 12.5. The summed E-state index contributed by atoms with van der Waals surface area (Å²) in [6, 6.07) is 6.63. The van der Waals surface area contributed by atoms with Gasteiger partial charge in [0, 0.05) is 7.05 Å². The SMILES string of the molecule is CCCc1ccc(S(=O)(=O)N(C)C#N)cc1. The molecule has 0 fully saturated rings. The number of hydrogen-bond donors (Lipinski definition) is 0. The zero-order valence-corrected chi connectivity index (χ0v) is 10.2. The van der Waals surface area contributed by atoms with Crippen molar-refractivity contribution in [3.8, 4) is 6.19 Å². The lowest BCUT2D eigenvalue weighted by Gasteiger charge is -2.10. The molecule has 5 heteroatoms. The van der Waals surface area contributed by atoms with E-state index in [0.29, 0.717) is 4.31 Å². The fraction of sp³-hybridized carbons (Fsp3) is 0.364. The van der Waals surface area contributed by atoms with E-state index in [-0.39, 0.29) is 4.90 Å². The zero-order chi connectivity index (χ0) is 12.2. The zero-order valence-electron chi connectivity index (χ0n) is 9.34. The summed E-state index contributed by atoms with van der Waals surface area (Å²) >= 11 is 0. The number of nitrogens with zero attached hydrogens (tertiary/aromatic N) is 2. The van der Waals surface area contributed by atoms with E-state index in [1.807, 2.05) is 0 Å². The maximum atomic E-state index is 11.7. The van der Waals surface area contributed by atoms with E-state index in [9.17, 15) is 8.42 Å². The topological polar surface area (TPSA) is 61.2 Å². The second-order valence-corrected chi connectivity index (χ2v) is 5.44. The standard InChI is InChI=1S/C11H14N2O2S/c1-3-4-10-5-7-11(8-6-10)16(14,15)13(2)9-12/h5-8H,3-4H2,1-2H3. The van der Waals surface area contributed by atoms with Gasteiger partial charge in [-0.1, -0.05) is 25.5 Å². The molecule has 0 aliphatic heterocycles. The molecule has 0 unspecified atom stereocenters. The molecule has 0 bridgehead atoms. The predicted molar refractivity (Wildman–Crippen MR) is 61.0 cm³/mol. The maximum Gasteiger partial charge on any atom is 0.272 e. The van der Waals surface area contributed by atoms with Crippen molar-refractivity contribution < 1.29 is 8.42 Å². The van der Waals surface area contributed by atoms with Crippen LogP contribution >= 0.6 is 0 Å². The molecule has 0 spiro atoms. The van der Waals surface area contributed by atoms with Crippen molar-refractivity contribution in [2.24, 2.45) is 0 Å². The summed E-state index contributed by atoms with van der Waals surface area (Å²) in [6.07, 6.45) is 3.53. The van der Waals surface area contributed by atoms with E-state index in [1.165, 1.54) is 19.2 Å². The molecule has 4 nitrogen and oxygen atoms in total. The molecular formula is C11H14N2O2S. The summed E-state index contributed by atoms with van der Waals surface area (Å²) < 4.78 is 24.1. The van der Waals surface area contributed by atoms with Crippen LogP contribution in [-0.4, -0.2) is 19.8 Å². The predicted octanol–water partition coefficient (Wildman–Crippen LogP) is 1.74. The fourth-order valence-corrected chi connectivity index (χ4v) is 2.23. The summed E-state index contributed by atoms with van der Waals surface area (Å²) in [5, 5.41) is 8.57. The first-order chi connectivity index (χ1) is 7.52. The molecule has 0 aromatic heterocycles. The van der Waals surface area contributed by atoms with E-state index in [2.05, 4.69) is 6.92 Å². The van der Waals surface area contributed by atoms with E-state index < -0.39 is 10.0 Å². The van der Waals surface area contributed by atoms with E-state index in [0.717, 1.165) is 18.4 Å². The van der Waals surface area contributed by atoms with Crippen LogP contribution in [0.3, 0.4) is 0 Å². The van der Waals surface area contributed by atoms with Crippen LogP contribution in [0.4, 0.5) is 0 Å². The Morgan fingerprint density at radius 1 is 1.31 bits per heavy atom. The Morgan fingerprint density at radius 2 is 1.88 bits per heavy atom. The Kier molecular flexibility index (Phi) is 3.91. The lowest BCUT2D eigenvalue weighted by atomic mass is 10.1. The Bertz CT molecular complexity index is 486. The Morgan fingerprint density at radius 3 is 2.31 bits per heavy atom. The van der Waals surface area contributed by atoms with Crippen molar-refractivity contribution >= 4 is 10.0 Å². The second-order valence-electron chi connectivity index (χ2n) is 3.47. The number of sulfonamides is 1. The van der Waals surface area contributed by atoms with E-state index in [4.69, 9.17) is 5.26 Å². The van der Waals surface area contributed by atoms with Gasteiger partial charge in [0.15, 0.2) is 6.19 Å². The lowest BCUT2D eigenvalue weighted by Crippen LogP contribution is -2.21. The highest BCUT2D eigenvalue weighted by Crippen LogP contribution is 2.15. The third-order valence-corrected chi connectivity index (χ3v) is 3.93. The quantitative estimate of drug-likeness (QED) is 0.593. The molecule has 0 atom stereocenters. The van der Waals surface area contributed by atoms with Crippen molar-refractivity contribution in [3.05, 3.63) is 29.8 Å². The molecule has 1 rings (SSSR count). The van der Waals surface area contributed by atoms with Gasteiger partial charge in [0.2, 0.25) is 0 Å². The molecule has 0 radical (unpaired) electrons. The van der Waals surface area contributed by atoms with Gasteiger partial charge >= 0.3 is 0 Å². The third-order valence-electron chi connectivity index (χ3n) is 2.26. The first-order valence-corrected chi connectivity index (χ1v) is 6.44. The normalized spacial score (nSPS) is 10.8. The molecule has 16 heavy (non-hydrogen) atoms. The molecule has 0 saturated heterocycles. The number of rotatable bonds is 4. The third kappa shape index (κ3) is 2.52. The largest absolute Gasteiger partial charge is 0.272 e. The van der Waals surface area contributed by atoms with Crippen LogP contribution in [0.5, 0.6) is 0 Å². The molecule has 1 aromatic carbocycles. The average Bonchev–Trinajstić information content (AvgIpc) is 2.29. The molecule has 86 valence electrons. The van der Waals surface area contributed by atoms with Gasteiger partial charge in [-0.2, -0.15) is 5.26 Å². The fourth-order valence-electron chi connectivity index (χ4n) is 1.33. The summed E-state index contributed by atoms with van der Waals surface area (Å²) in [6.45, 7) is 2.06. The average molecular weight is 238 g/mol. The van der Waals surface area contributed by atoms with Gasteiger partial charge in [-0.25, -0.2) is 12.7 Å². The Labute approximate surface area is 96.2 Å². The van der Waals surface area contributed by atoms with Crippen molar-refractivity contribution in [2.75, 3.05) is 7.05 Å². The minimum atomic E-state index is -3.65. The summed E-state index contributed by atoms with van der Waals surface area (Å²) in [7, 11) is -2.42. The van der Waals surface area contributed by atoms with Crippen LogP contribution in [0.1, 0.15) is 18.9 Å². The van der Waals surface area contributed by atoms with Crippen LogP contribution in [0.2, 0.25) is 0 Å². The second kappa shape index (κ2) is 4.99. The monoisotopic (exact) mass is 238 g/mol. The van der Waals surface area contributed by atoms with Crippen molar-refractivity contribution in [1.29, 1.82) is 5.26 Å². The molecule has 0 N–H and O–H groups in total. The smallest absolute Gasteiger partial charge is 0.205 e. The molecular weight excluding hydrogens is 224 g/mol. The van der Waals surface area contributed by atoms with Gasteiger partial charge in [-0.15, -0.1) is 0 Å². The van der Waals surface area contributed by atoms with Gasteiger partial charge in [0.25, 0.3) is 10.0 Å². The van der Waals surface area contributed by atoms with Gasteiger partial charge in [0.1, 0.15) is 0 Å². The number of hydrogen-bond acceptors (Lipinski definition) is 3. The minimum absolute atomic E-state index is 0.149. The number of benzene rings is 1. The van der Waals surface area contributed by atoms with Crippen LogP contribution < -0.4 is 0 Å². The molecule has 0 saturated carbocycles. The Balaban J connectivity index is 3.03. The molecule has 0 aliphatic carbocycles. The van der Waals surface area contributed by atoms with Crippen molar-refractivity contribution in [1.82, 2.24) is 4.31 Å². The Hall–Kier alpha value is -1.54. The van der Waals surface area contributed by atoms with Gasteiger partial charge in [0.05, 0.1) is 4.90 Å². The van der Waals surface area contributed by atoms with Crippen molar-refractivity contribution in [3.63, 3.8) is 0 Å². The van der Waals surface area contributed by atoms with Crippen LogP contribution in [0.25, 0.3) is 0 Å². The van der Waals surface area contributed by atoms with E-state index >= 15 is 0 Å². The highest BCUT2D eigenvalue weighted by atomic mass is 32.2.